The van der Waals surface area contributed by atoms with Gasteiger partial charge in [-0.2, -0.15) is 0 Å². The number of hydrogen-bond donors (Lipinski definition) is 2. The SMILES string of the molecule is NC1CCC(N[C@H]2C[C@@H]2F)CC1. The summed E-state index contributed by atoms with van der Waals surface area (Å²) in [5, 5.41) is 3.33. The van der Waals surface area contributed by atoms with E-state index in [1.807, 2.05) is 0 Å². The standard InChI is InChI=1S/C9H17FN2/c10-8-5-9(8)12-7-3-1-6(11)2-4-7/h6-9,12H,1-5,11H2/t6?,7?,8-,9-/m0/s1. The van der Waals surface area contributed by atoms with E-state index in [0.29, 0.717) is 12.1 Å². The van der Waals surface area contributed by atoms with Gasteiger partial charge in [0, 0.05) is 18.1 Å². The smallest absolute Gasteiger partial charge is 0.117 e. The van der Waals surface area contributed by atoms with Crippen LogP contribution in [-0.2, 0) is 0 Å². The molecule has 0 aliphatic heterocycles. The van der Waals surface area contributed by atoms with Crippen molar-refractivity contribution in [3.05, 3.63) is 0 Å². The van der Waals surface area contributed by atoms with Crippen molar-refractivity contribution in [1.82, 2.24) is 5.32 Å². The predicted octanol–water partition coefficient (Wildman–Crippen LogP) is 0.956. The highest BCUT2D eigenvalue weighted by Gasteiger charge is 2.38. The zero-order valence-electron chi connectivity index (χ0n) is 7.30. The Hall–Kier alpha value is -0.150. The van der Waals surface area contributed by atoms with Gasteiger partial charge in [-0.05, 0) is 32.1 Å². The molecule has 0 saturated heterocycles. The van der Waals surface area contributed by atoms with Crippen LogP contribution in [0.3, 0.4) is 0 Å². The van der Waals surface area contributed by atoms with Gasteiger partial charge in [-0.1, -0.05) is 0 Å². The Kier molecular flexibility index (Phi) is 2.33. The maximum absolute atomic E-state index is 12.5. The minimum atomic E-state index is -0.569. The Morgan fingerprint density at radius 3 is 2.25 bits per heavy atom. The van der Waals surface area contributed by atoms with Crippen molar-refractivity contribution in [1.29, 1.82) is 0 Å². The normalized spacial score (nSPS) is 47.5. The number of nitrogens with two attached hydrogens (primary N) is 1. The van der Waals surface area contributed by atoms with Crippen LogP contribution in [0.2, 0.25) is 0 Å². The fraction of sp³-hybridized carbons (Fsp3) is 1.00. The summed E-state index contributed by atoms with van der Waals surface area (Å²) in [7, 11) is 0. The predicted molar refractivity (Wildman–Crippen MR) is 46.7 cm³/mol. The lowest BCUT2D eigenvalue weighted by Gasteiger charge is -2.26. The topological polar surface area (TPSA) is 38.0 Å². The summed E-state index contributed by atoms with van der Waals surface area (Å²) in [5.74, 6) is 0. The first-order valence-corrected chi connectivity index (χ1v) is 4.91. The van der Waals surface area contributed by atoms with Gasteiger partial charge < -0.3 is 11.1 Å². The highest BCUT2D eigenvalue weighted by atomic mass is 19.1. The lowest BCUT2D eigenvalue weighted by atomic mass is 9.92. The number of hydrogen-bond acceptors (Lipinski definition) is 2. The van der Waals surface area contributed by atoms with Crippen LogP contribution in [0.15, 0.2) is 0 Å². The molecule has 2 fully saturated rings. The van der Waals surface area contributed by atoms with E-state index >= 15 is 0 Å². The van der Waals surface area contributed by atoms with Crippen molar-refractivity contribution in [2.24, 2.45) is 5.73 Å². The van der Waals surface area contributed by atoms with E-state index in [9.17, 15) is 4.39 Å². The Morgan fingerprint density at radius 1 is 1.17 bits per heavy atom. The van der Waals surface area contributed by atoms with Crippen molar-refractivity contribution in [3.63, 3.8) is 0 Å². The van der Waals surface area contributed by atoms with Crippen LogP contribution in [-0.4, -0.2) is 24.3 Å². The molecule has 2 nitrogen and oxygen atoms in total. The highest BCUT2D eigenvalue weighted by molar-refractivity contribution is 4.96. The average Bonchev–Trinajstić information content (AvgIpc) is 2.72. The van der Waals surface area contributed by atoms with Crippen LogP contribution < -0.4 is 11.1 Å². The molecule has 0 spiro atoms. The van der Waals surface area contributed by atoms with Gasteiger partial charge in [0.25, 0.3) is 0 Å². The van der Waals surface area contributed by atoms with Crippen LogP contribution in [0.5, 0.6) is 0 Å². The van der Waals surface area contributed by atoms with Gasteiger partial charge in [0.15, 0.2) is 0 Å². The molecule has 0 aromatic rings. The molecular weight excluding hydrogens is 155 g/mol. The molecule has 0 bridgehead atoms. The Labute approximate surface area is 72.7 Å². The van der Waals surface area contributed by atoms with E-state index in [1.165, 1.54) is 0 Å². The van der Waals surface area contributed by atoms with Gasteiger partial charge in [0.05, 0.1) is 0 Å². The number of rotatable bonds is 2. The van der Waals surface area contributed by atoms with Crippen molar-refractivity contribution in [3.8, 4) is 0 Å². The summed E-state index contributed by atoms with van der Waals surface area (Å²) in [6, 6.07) is 1.10. The monoisotopic (exact) mass is 172 g/mol. The number of alkyl halides is 1. The average molecular weight is 172 g/mol. The second-order valence-corrected chi connectivity index (χ2v) is 4.14. The molecule has 12 heavy (non-hydrogen) atoms. The van der Waals surface area contributed by atoms with Gasteiger partial charge in [-0.25, -0.2) is 4.39 Å². The minimum absolute atomic E-state index is 0.171. The largest absolute Gasteiger partial charge is 0.328 e. The molecule has 0 amide bonds. The van der Waals surface area contributed by atoms with Gasteiger partial charge in [-0.15, -0.1) is 0 Å². The van der Waals surface area contributed by atoms with Gasteiger partial charge in [-0.3, -0.25) is 0 Å². The fourth-order valence-electron chi connectivity index (χ4n) is 1.93. The highest BCUT2D eigenvalue weighted by Crippen LogP contribution is 2.28. The first kappa shape index (κ1) is 8.45. The molecule has 0 aromatic carbocycles. The van der Waals surface area contributed by atoms with Gasteiger partial charge in [0.1, 0.15) is 6.17 Å². The van der Waals surface area contributed by atoms with Crippen LogP contribution in [0.4, 0.5) is 4.39 Å². The van der Waals surface area contributed by atoms with Crippen molar-refractivity contribution >= 4 is 0 Å². The maximum Gasteiger partial charge on any atom is 0.117 e. The van der Waals surface area contributed by atoms with Crippen LogP contribution in [0.25, 0.3) is 0 Å². The lowest BCUT2D eigenvalue weighted by molar-refractivity contribution is 0.327. The van der Waals surface area contributed by atoms with E-state index in [2.05, 4.69) is 5.32 Å². The summed E-state index contributed by atoms with van der Waals surface area (Å²) in [4.78, 5) is 0. The first-order valence-electron chi connectivity index (χ1n) is 4.91. The third-order valence-electron chi connectivity index (χ3n) is 2.93. The number of halogens is 1. The Bertz CT molecular complexity index is 155. The molecule has 2 atom stereocenters. The Morgan fingerprint density at radius 2 is 1.75 bits per heavy atom. The summed E-state index contributed by atoms with van der Waals surface area (Å²) in [6.07, 6.45) is 4.61. The molecule has 2 aliphatic carbocycles. The summed E-state index contributed by atoms with van der Waals surface area (Å²) in [5.41, 5.74) is 5.77. The quantitative estimate of drug-likeness (QED) is 0.651. The van der Waals surface area contributed by atoms with Crippen molar-refractivity contribution in [2.45, 2.75) is 56.4 Å². The first-order chi connectivity index (χ1) is 5.75. The van der Waals surface area contributed by atoms with Crippen LogP contribution >= 0.6 is 0 Å². The third-order valence-corrected chi connectivity index (χ3v) is 2.93. The molecule has 0 heterocycles. The van der Waals surface area contributed by atoms with E-state index < -0.39 is 6.17 Å². The molecular formula is C9H17FN2. The van der Waals surface area contributed by atoms with E-state index in [-0.39, 0.29) is 6.04 Å². The second kappa shape index (κ2) is 3.30. The molecule has 2 aliphatic rings. The lowest BCUT2D eigenvalue weighted by Crippen LogP contribution is -2.39. The molecule has 2 rings (SSSR count). The number of nitrogens with one attached hydrogen (secondary N) is 1. The van der Waals surface area contributed by atoms with E-state index in [1.54, 1.807) is 0 Å². The summed E-state index contributed by atoms with van der Waals surface area (Å²) < 4.78 is 12.5. The zero-order chi connectivity index (χ0) is 8.55. The molecule has 0 aromatic heterocycles. The molecule has 2 saturated carbocycles. The van der Waals surface area contributed by atoms with Gasteiger partial charge >= 0.3 is 0 Å². The summed E-state index contributed by atoms with van der Waals surface area (Å²) >= 11 is 0. The molecule has 0 radical (unpaired) electrons. The van der Waals surface area contributed by atoms with Crippen molar-refractivity contribution in [2.75, 3.05) is 0 Å². The molecule has 3 heteroatoms. The van der Waals surface area contributed by atoms with E-state index in [0.717, 1.165) is 32.1 Å². The fourth-order valence-corrected chi connectivity index (χ4v) is 1.93. The van der Waals surface area contributed by atoms with Crippen LogP contribution in [0, 0.1) is 0 Å². The molecule has 70 valence electrons. The second-order valence-electron chi connectivity index (χ2n) is 4.14. The van der Waals surface area contributed by atoms with Crippen LogP contribution in [0.1, 0.15) is 32.1 Å². The van der Waals surface area contributed by atoms with Gasteiger partial charge in [0.2, 0.25) is 0 Å². The zero-order valence-corrected chi connectivity index (χ0v) is 7.30. The maximum atomic E-state index is 12.5. The molecule has 3 N–H and O–H groups in total. The van der Waals surface area contributed by atoms with E-state index in [4.69, 9.17) is 5.73 Å². The minimum Gasteiger partial charge on any atom is -0.328 e. The third kappa shape index (κ3) is 1.96. The van der Waals surface area contributed by atoms with Crippen molar-refractivity contribution < 1.29 is 4.39 Å². The Balaban J connectivity index is 1.68. The molecule has 0 unspecified atom stereocenters. The summed E-state index contributed by atoms with van der Waals surface area (Å²) in [6.45, 7) is 0.